The summed E-state index contributed by atoms with van der Waals surface area (Å²) in [5.74, 6) is 1.60. The first-order valence-corrected chi connectivity index (χ1v) is 13.2. The molecule has 0 aromatic heterocycles. The first-order valence-electron chi connectivity index (χ1n) is 13.2. The van der Waals surface area contributed by atoms with Crippen molar-refractivity contribution < 1.29 is 28.8 Å². The van der Waals surface area contributed by atoms with Crippen LogP contribution in [0.4, 0.5) is 0 Å². The zero-order valence-electron chi connectivity index (χ0n) is 22.3. The Bertz CT molecular complexity index is 1330. The van der Waals surface area contributed by atoms with Crippen molar-refractivity contribution in [1.82, 2.24) is 5.32 Å². The number of aliphatic hydroxyl groups excluding tert-OH is 1. The third-order valence-electron chi connectivity index (χ3n) is 6.68. The smallest absolute Gasteiger partial charge is 0.205 e. The van der Waals surface area contributed by atoms with Gasteiger partial charge in [-0.3, -0.25) is 0 Å². The van der Waals surface area contributed by atoms with Crippen LogP contribution in [0, 0.1) is 11.3 Å². The van der Waals surface area contributed by atoms with Crippen LogP contribution in [-0.2, 0) is 29.1 Å². The second kappa shape index (κ2) is 12.1. The van der Waals surface area contributed by atoms with Crippen LogP contribution >= 0.6 is 0 Å². The highest BCUT2D eigenvalue weighted by molar-refractivity contribution is 5.44. The number of fused-ring (bicyclic) bond motifs is 2. The van der Waals surface area contributed by atoms with Crippen molar-refractivity contribution in [2.24, 2.45) is 0 Å². The summed E-state index contributed by atoms with van der Waals surface area (Å²) in [6.07, 6.45) is -0.0620. The molecule has 2 heterocycles. The van der Waals surface area contributed by atoms with E-state index >= 15 is 0 Å². The summed E-state index contributed by atoms with van der Waals surface area (Å²) < 4.78 is 29.4. The Kier molecular flexibility index (Phi) is 8.34. The molecule has 0 radical (unpaired) electrons. The Morgan fingerprint density at radius 2 is 1.95 bits per heavy atom. The zero-order chi connectivity index (χ0) is 27.2. The number of nitrogens with one attached hydrogen (secondary N) is 1. The minimum atomic E-state index is -0.635. The molecule has 8 nitrogen and oxygen atoms in total. The lowest BCUT2D eigenvalue weighted by atomic mass is 10.0. The van der Waals surface area contributed by atoms with Gasteiger partial charge in [0.05, 0.1) is 37.6 Å². The summed E-state index contributed by atoms with van der Waals surface area (Å²) in [5.41, 5.74) is 4.45. The molecule has 204 valence electrons. The molecule has 0 aliphatic carbocycles. The lowest BCUT2D eigenvalue weighted by molar-refractivity contribution is -0.180. The fourth-order valence-corrected chi connectivity index (χ4v) is 4.59. The second-order valence-electron chi connectivity index (χ2n) is 10.3. The third kappa shape index (κ3) is 7.08. The Morgan fingerprint density at radius 3 is 2.82 bits per heavy atom. The van der Waals surface area contributed by atoms with Gasteiger partial charge in [-0.25, -0.2) is 0 Å². The normalized spacial score (nSPS) is 17.9. The van der Waals surface area contributed by atoms with Gasteiger partial charge < -0.3 is 34.1 Å². The molecule has 0 unspecified atom stereocenters. The van der Waals surface area contributed by atoms with Crippen molar-refractivity contribution in [2.75, 3.05) is 26.3 Å². The summed E-state index contributed by atoms with van der Waals surface area (Å²) in [6, 6.07) is 21.2. The molecule has 0 saturated carbocycles. The van der Waals surface area contributed by atoms with Crippen molar-refractivity contribution in [1.29, 1.82) is 5.26 Å². The van der Waals surface area contributed by atoms with Gasteiger partial charge in [0.1, 0.15) is 12.4 Å². The SMILES string of the molecule is CC1(C)OCc2cc([C@@H](O)CNCCc3ccc4c(c3)O[C@H](COCc3cccc(C#N)c3)CO4)ccc2O1. The largest absolute Gasteiger partial charge is 0.486 e. The number of nitriles is 1. The summed E-state index contributed by atoms with van der Waals surface area (Å²) >= 11 is 0. The van der Waals surface area contributed by atoms with E-state index in [1.807, 2.05) is 68.4 Å². The van der Waals surface area contributed by atoms with Crippen LogP contribution in [0.1, 0.15) is 47.8 Å². The quantitative estimate of drug-likeness (QED) is 0.372. The topological polar surface area (TPSA) is 102 Å². The van der Waals surface area contributed by atoms with Crippen LogP contribution in [0.3, 0.4) is 0 Å². The van der Waals surface area contributed by atoms with Gasteiger partial charge in [-0.1, -0.05) is 24.3 Å². The molecule has 0 spiro atoms. The molecule has 2 N–H and O–H groups in total. The van der Waals surface area contributed by atoms with Crippen LogP contribution in [0.25, 0.3) is 0 Å². The molecule has 0 amide bonds. The first kappa shape index (κ1) is 27.0. The van der Waals surface area contributed by atoms with E-state index in [-0.39, 0.29) is 6.10 Å². The highest BCUT2D eigenvalue weighted by atomic mass is 16.7. The summed E-state index contributed by atoms with van der Waals surface area (Å²) in [5, 5.41) is 23.1. The number of hydrogen-bond acceptors (Lipinski definition) is 8. The fraction of sp³-hybridized carbons (Fsp3) is 0.387. The zero-order valence-corrected chi connectivity index (χ0v) is 22.3. The number of aliphatic hydroxyl groups is 1. The Balaban J connectivity index is 1.06. The van der Waals surface area contributed by atoms with Crippen LogP contribution in [0.5, 0.6) is 17.2 Å². The maximum atomic E-state index is 10.7. The van der Waals surface area contributed by atoms with E-state index in [0.717, 1.165) is 40.2 Å². The van der Waals surface area contributed by atoms with Gasteiger partial charge in [-0.2, -0.15) is 5.26 Å². The molecule has 39 heavy (non-hydrogen) atoms. The standard InChI is InChI=1S/C31H34N2O6/c1-31(2)37-18-25-14-24(7-9-28(25)39-31)27(34)16-33-11-10-21-6-8-29-30(13-21)38-26(20-36-29)19-35-17-23-5-3-4-22(12-23)15-32/h3-9,12-14,26-27,33-34H,10-11,16-20H2,1-2H3/t26-,27+/m1/s1. The molecule has 3 aromatic rings. The molecular formula is C31H34N2O6. The maximum absolute atomic E-state index is 10.7. The van der Waals surface area contributed by atoms with Crippen molar-refractivity contribution in [2.45, 2.75) is 51.5 Å². The Hall–Kier alpha value is -3.61. The van der Waals surface area contributed by atoms with Crippen molar-refractivity contribution >= 4 is 0 Å². The average molecular weight is 531 g/mol. The summed E-state index contributed by atoms with van der Waals surface area (Å²) in [4.78, 5) is 0. The number of ether oxygens (including phenoxy) is 5. The van der Waals surface area contributed by atoms with E-state index < -0.39 is 11.9 Å². The van der Waals surface area contributed by atoms with Gasteiger partial charge in [0.2, 0.25) is 5.79 Å². The molecule has 8 heteroatoms. The van der Waals surface area contributed by atoms with Crippen molar-refractivity contribution in [3.05, 3.63) is 88.5 Å². The minimum Gasteiger partial charge on any atom is -0.486 e. The monoisotopic (exact) mass is 530 g/mol. The lowest BCUT2D eigenvalue weighted by Crippen LogP contribution is -2.35. The highest BCUT2D eigenvalue weighted by Gasteiger charge is 2.27. The van der Waals surface area contributed by atoms with Gasteiger partial charge >= 0.3 is 0 Å². The molecule has 2 atom stereocenters. The van der Waals surface area contributed by atoms with Crippen LogP contribution < -0.4 is 19.5 Å². The van der Waals surface area contributed by atoms with E-state index in [1.165, 1.54) is 0 Å². The highest BCUT2D eigenvalue weighted by Crippen LogP contribution is 2.34. The van der Waals surface area contributed by atoms with Crippen molar-refractivity contribution in [3.8, 4) is 23.3 Å². The second-order valence-corrected chi connectivity index (χ2v) is 10.3. The van der Waals surface area contributed by atoms with E-state index in [9.17, 15) is 5.11 Å². The van der Waals surface area contributed by atoms with Gasteiger partial charge in [0.15, 0.2) is 17.6 Å². The lowest BCUT2D eigenvalue weighted by Gasteiger charge is -2.33. The molecule has 0 bridgehead atoms. The van der Waals surface area contributed by atoms with Gasteiger partial charge in [0, 0.05) is 26.0 Å². The van der Waals surface area contributed by atoms with Gasteiger partial charge in [0.25, 0.3) is 0 Å². The molecule has 0 saturated heterocycles. The Labute approximate surface area is 229 Å². The first-order chi connectivity index (χ1) is 18.9. The van der Waals surface area contributed by atoms with Crippen LogP contribution in [0.2, 0.25) is 0 Å². The van der Waals surface area contributed by atoms with E-state index in [1.54, 1.807) is 6.07 Å². The van der Waals surface area contributed by atoms with Crippen LogP contribution in [-0.4, -0.2) is 43.3 Å². The predicted molar refractivity (Wildman–Crippen MR) is 145 cm³/mol. The van der Waals surface area contributed by atoms with E-state index in [4.69, 9.17) is 28.9 Å². The van der Waals surface area contributed by atoms with E-state index in [0.29, 0.717) is 50.8 Å². The summed E-state index contributed by atoms with van der Waals surface area (Å²) in [7, 11) is 0. The van der Waals surface area contributed by atoms with Crippen molar-refractivity contribution in [3.63, 3.8) is 0 Å². The van der Waals surface area contributed by atoms with Gasteiger partial charge in [-0.05, 0) is 66.1 Å². The predicted octanol–water partition coefficient (Wildman–Crippen LogP) is 4.43. The molecule has 2 aliphatic rings. The Morgan fingerprint density at radius 1 is 1.08 bits per heavy atom. The minimum absolute atomic E-state index is 0.210. The summed E-state index contributed by atoms with van der Waals surface area (Å²) in [6.45, 7) is 6.59. The maximum Gasteiger partial charge on any atom is 0.205 e. The fourth-order valence-electron chi connectivity index (χ4n) is 4.59. The molecular weight excluding hydrogens is 496 g/mol. The van der Waals surface area contributed by atoms with Crippen LogP contribution in [0.15, 0.2) is 60.7 Å². The van der Waals surface area contributed by atoms with E-state index in [2.05, 4.69) is 11.4 Å². The number of benzene rings is 3. The molecule has 3 aromatic carbocycles. The number of nitrogens with zero attached hydrogens (tertiary/aromatic N) is 1. The van der Waals surface area contributed by atoms with Gasteiger partial charge in [-0.15, -0.1) is 0 Å². The molecule has 0 fully saturated rings. The molecule has 5 rings (SSSR count). The molecule has 2 aliphatic heterocycles. The number of hydrogen-bond donors (Lipinski definition) is 2. The average Bonchev–Trinajstić information content (AvgIpc) is 2.94. The number of rotatable bonds is 10. The third-order valence-corrected chi connectivity index (χ3v) is 6.68.